The van der Waals surface area contributed by atoms with Gasteiger partial charge in [0.15, 0.2) is 0 Å². The number of carbonyl (C=O) groups excluding carboxylic acids is 1. The van der Waals surface area contributed by atoms with Crippen LogP contribution in [-0.4, -0.2) is 12.6 Å². The summed E-state index contributed by atoms with van der Waals surface area (Å²) in [7, 11) is 0. The Morgan fingerprint density at radius 2 is 1.52 bits per heavy atom. The second kappa shape index (κ2) is 11.6. The van der Waals surface area contributed by atoms with E-state index in [1.807, 2.05) is 24.3 Å². The second-order valence-corrected chi connectivity index (χ2v) is 9.43. The van der Waals surface area contributed by atoms with Gasteiger partial charge in [-0.3, -0.25) is 4.79 Å². The van der Waals surface area contributed by atoms with Crippen molar-refractivity contribution in [3.05, 3.63) is 24.3 Å². The molecule has 0 amide bonds. The van der Waals surface area contributed by atoms with E-state index < -0.39 is 0 Å². The van der Waals surface area contributed by atoms with Crippen molar-refractivity contribution in [1.29, 1.82) is 0 Å². The molecule has 2 atom stereocenters. The summed E-state index contributed by atoms with van der Waals surface area (Å²) in [5.74, 6) is 4.08. The number of rotatable bonds is 9. The number of ether oxygens (including phenoxy) is 2. The van der Waals surface area contributed by atoms with E-state index in [4.69, 9.17) is 9.47 Å². The fourth-order valence-corrected chi connectivity index (χ4v) is 5.25. The van der Waals surface area contributed by atoms with Gasteiger partial charge in [0.05, 0.1) is 12.5 Å². The molecule has 0 spiro atoms. The summed E-state index contributed by atoms with van der Waals surface area (Å²) < 4.78 is 11.5. The van der Waals surface area contributed by atoms with Gasteiger partial charge in [-0.05, 0) is 80.5 Å². The summed E-state index contributed by atoms with van der Waals surface area (Å²) in [6.45, 7) is 5.35. The summed E-state index contributed by atoms with van der Waals surface area (Å²) in [5.41, 5.74) is 0. The Hall–Kier alpha value is -1.51. The highest BCUT2D eigenvalue weighted by Gasteiger charge is 2.26. The molecule has 162 valence electrons. The lowest BCUT2D eigenvalue weighted by molar-refractivity contribution is -0.140. The van der Waals surface area contributed by atoms with Crippen LogP contribution in [-0.2, 0) is 4.79 Å². The Balaban J connectivity index is 1.36. The molecule has 2 fully saturated rings. The summed E-state index contributed by atoms with van der Waals surface area (Å²) in [4.78, 5) is 12.3. The molecule has 0 aliphatic heterocycles. The number of hydrogen-bond acceptors (Lipinski definition) is 3. The first kappa shape index (κ1) is 22.2. The monoisotopic (exact) mass is 400 g/mol. The van der Waals surface area contributed by atoms with Crippen LogP contribution in [0, 0.1) is 23.7 Å². The van der Waals surface area contributed by atoms with Gasteiger partial charge in [-0.25, -0.2) is 0 Å². The van der Waals surface area contributed by atoms with E-state index in [1.54, 1.807) is 0 Å². The number of benzene rings is 1. The highest BCUT2D eigenvalue weighted by Crippen LogP contribution is 2.36. The molecule has 0 saturated heterocycles. The van der Waals surface area contributed by atoms with Gasteiger partial charge in [-0.2, -0.15) is 0 Å². The average molecular weight is 401 g/mol. The van der Waals surface area contributed by atoms with Crippen molar-refractivity contribution < 1.29 is 14.3 Å². The van der Waals surface area contributed by atoms with Gasteiger partial charge < -0.3 is 9.47 Å². The Morgan fingerprint density at radius 3 is 2.17 bits per heavy atom. The lowest BCUT2D eigenvalue weighted by Crippen LogP contribution is -2.24. The van der Waals surface area contributed by atoms with Crippen LogP contribution in [0.1, 0.15) is 90.9 Å². The van der Waals surface area contributed by atoms with Crippen molar-refractivity contribution in [3.8, 4) is 11.5 Å². The predicted octanol–water partition coefficient (Wildman–Crippen LogP) is 7.18. The third-order valence-electron chi connectivity index (χ3n) is 7.11. The van der Waals surface area contributed by atoms with E-state index in [0.29, 0.717) is 5.75 Å². The molecule has 0 heterocycles. The SMILES string of the molecule is CCCC1CCCCC1CCCOc1ccc(OC(=O)C2CCC(C)CC2)cc1. The van der Waals surface area contributed by atoms with Crippen LogP contribution in [0.4, 0.5) is 0 Å². The largest absolute Gasteiger partial charge is 0.494 e. The molecular weight excluding hydrogens is 360 g/mol. The zero-order chi connectivity index (χ0) is 20.5. The van der Waals surface area contributed by atoms with Crippen molar-refractivity contribution in [3.63, 3.8) is 0 Å². The van der Waals surface area contributed by atoms with Crippen molar-refractivity contribution >= 4 is 5.97 Å². The van der Waals surface area contributed by atoms with Crippen LogP contribution in [0.15, 0.2) is 24.3 Å². The first-order valence-corrected chi connectivity index (χ1v) is 12.1. The van der Waals surface area contributed by atoms with Gasteiger partial charge in [0.25, 0.3) is 0 Å². The summed E-state index contributed by atoms with van der Waals surface area (Å²) in [6.07, 6.45) is 15.0. The first-order chi connectivity index (χ1) is 14.2. The normalized spacial score (nSPS) is 27.4. The fourth-order valence-electron chi connectivity index (χ4n) is 5.25. The van der Waals surface area contributed by atoms with E-state index in [0.717, 1.165) is 62.2 Å². The van der Waals surface area contributed by atoms with E-state index in [9.17, 15) is 4.79 Å². The Kier molecular flexibility index (Phi) is 8.89. The maximum Gasteiger partial charge on any atom is 0.314 e. The molecule has 0 bridgehead atoms. The minimum atomic E-state index is -0.0697. The molecule has 3 nitrogen and oxygen atoms in total. The summed E-state index contributed by atoms with van der Waals surface area (Å²) >= 11 is 0. The van der Waals surface area contributed by atoms with Crippen LogP contribution >= 0.6 is 0 Å². The Morgan fingerprint density at radius 1 is 0.897 bits per heavy atom. The minimum Gasteiger partial charge on any atom is -0.494 e. The van der Waals surface area contributed by atoms with E-state index in [2.05, 4.69) is 13.8 Å². The summed E-state index contributed by atoms with van der Waals surface area (Å²) in [5, 5.41) is 0. The van der Waals surface area contributed by atoms with Crippen molar-refractivity contribution in [2.24, 2.45) is 23.7 Å². The van der Waals surface area contributed by atoms with Gasteiger partial charge in [-0.1, -0.05) is 52.4 Å². The minimum absolute atomic E-state index is 0.0680. The topological polar surface area (TPSA) is 35.5 Å². The molecule has 2 aliphatic carbocycles. The molecule has 0 aromatic heterocycles. The van der Waals surface area contributed by atoms with Crippen LogP contribution in [0.3, 0.4) is 0 Å². The van der Waals surface area contributed by atoms with Crippen LogP contribution in [0.25, 0.3) is 0 Å². The van der Waals surface area contributed by atoms with Gasteiger partial charge in [-0.15, -0.1) is 0 Å². The highest BCUT2D eigenvalue weighted by atomic mass is 16.5. The Bertz CT molecular complexity index is 599. The molecule has 3 rings (SSSR count). The smallest absolute Gasteiger partial charge is 0.314 e. The zero-order valence-electron chi connectivity index (χ0n) is 18.5. The third-order valence-corrected chi connectivity index (χ3v) is 7.11. The molecule has 0 N–H and O–H groups in total. The fraction of sp³-hybridized carbons (Fsp3) is 0.731. The van der Waals surface area contributed by atoms with Crippen LogP contribution in [0.2, 0.25) is 0 Å². The van der Waals surface area contributed by atoms with Crippen molar-refractivity contribution in [1.82, 2.24) is 0 Å². The molecule has 2 saturated carbocycles. The lowest BCUT2D eigenvalue weighted by Gasteiger charge is -2.31. The maximum absolute atomic E-state index is 12.3. The molecule has 2 unspecified atom stereocenters. The predicted molar refractivity (Wildman–Crippen MR) is 118 cm³/mol. The van der Waals surface area contributed by atoms with Crippen LogP contribution in [0.5, 0.6) is 11.5 Å². The molecule has 3 heteroatoms. The quantitative estimate of drug-likeness (QED) is 0.250. The molecule has 1 aromatic carbocycles. The number of hydrogen-bond donors (Lipinski definition) is 0. The zero-order valence-corrected chi connectivity index (χ0v) is 18.5. The van der Waals surface area contributed by atoms with Crippen LogP contribution < -0.4 is 9.47 Å². The van der Waals surface area contributed by atoms with Crippen molar-refractivity contribution in [2.75, 3.05) is 6.61 Å². The highest BCUT2D eigenvalue weighted by molar-refractivity contribution is 5.75. The standard InChI is InChI=1S/C26H40O3/c1-3-7-21-8-4-5-9-22(21)10-6-19-28-24-15-17-25(18-16-24)29-26(27)23-13-11-20(2)12-14-23/h15-18,20-23H,3-14,19H2,1-2H3. The molecule has 1 aromatic rings. The Labute approximate surface area is 177 Å². The molecule has 2 aliphatic rings. The van der Waals surface area contributed by atoms with Gasteiger partial charge in [0.2, 0.25) is 0 Å². The number of esters is 1. The third kappa shape index (κ3) is 7.04. The number of carbonyl (C=O) groups is 1. The lowest BCUT2D eigenvalue weighted by atomic mass is 9.75. The van der Waals surface area contributed by atoms with Gasteiger partial charge >= 0.3 is 5.97 Å². The first-order valence-electron chi connectivity index (χ1n) is 12.1. The van der Waals surface area contributed by atoms with Crippen molar-refractivity contribution in [2.45, 2.75) is 90.9 Å². The summed E-state index contributed by atoms with van der Waals surface area (Å²) in [6, 6.07) is 7.56. The van der Waals surface area contributed by atoms with E-state index in [-0.39, 0.29) is 11.9 Å². The second-order valence-electron chi connectivity index (χ2n) is 9.43. The molecular formula is C26H40O3. The van der Waals surface area contributed by atoms with E-state index >= 15 is 0 Å². The average Bonchev–Trinajstić information content (AvgIpc) is 2.74. The van der Waals surface area contributed by atoms with Gasteiger partial charge in [0, 0.05) is 0 Å². The van der Waals surface area contributed by atoms with E-state index in [1.165, 1.54) is 44.9 Å². The van der Waals surface area contributed by atoms with Gasteiger partial charge in [0.1, 0.15) is 11.5 Å². The maximum atomic E-state index is 12.3. The molecule has 0 radical (unpaired) electrons. The molecule has 29 heavy (non-hydrogen) atoms.